The normalized spacial score (nSPS) is 12.4. The van der Waals surface area contributed by atoms with Gasteiger partial charge in [0.05, 0.1) is 7.11 Å². The van der Waals surface area contributed by atoms with Gasteiger partial charge in [-0.1, -0.05) is 20.8 Å². The minimum Gasteiger partial charge on any atom is -0.496 e. The summed E-state index contributed by atoms with van der Waals surface area (Å²) in [6.45, 7) is 10.1. The van der Waals surface area contributed by atoms with Gasteiger partial charge in [0, 0.05) is 11.6 Å². The Balaban J connectivity index is 3.48. The predicted octanol–water partition coefficient (Wildman–Crippen LogP) is 3.79. The van der Waals surface area contributed by atoms with Gasteiger partial charge < -0.3 is 9.84 Å². The molecule has 0 saturated heterocycles. The fourth-order valence-electron chi connectivity index (χ4n) is 2.12. The van der Waals surface area contributed by atoms with Gasteiger partial charge in [0.15, 0.2) is 0 Å². The molecule has 1 N–H and O–H groups in total. The smallest absolute Gasteiger partial charge is 0.328 e. The number of aliphatic carboxylic acids is 1. The van der Waals surface area contributed by atoms with Crippen LogP contribution in [0.25, 0.3) is 5.57 Å². The number of carbonyl (C=O) groups is 1. The summed E-state index contributed by atoms with van der Waals surface area (Å²) in [7, 11) is 1.66. The predicted molar refractivity (Wildman–Crippen MR) is 77.7 cm³/mol. The number of hydrogen-bond donors (Lipinski definition) is 1. The van der Waals surface area contributed by atoms with Gasteiger partial charge in [0.2, 0.25) is 0 Å². The maximum Gasteiger partial charge on any atom is 0.328 e. The number of rotatable bonds is 3. The zero-order chi connectivity index (χ0) is 14.8. The van der Waals surface area contributed by atoms with E-state index in [-0.39, 0.29) is 5.41 Å². The lowest BCUT2D eigenvalue weighted by atomic mass is 9.83. The lowest BCUT2D eigenvalue weighted by Crippen LogP contribution is -2.13. The fraction of sp³-hybridized carbons (Fsp3) is 0.438. The molecule has 0 fully saturated rings. The van der Waals surface area contributed by atoms with E-state index in [1.807, 2.05) is 26.0 Å². The van der Waals surface area contributed by atoms with Gasteiger partial charge in [-0.15, -0.1) is 0 Å². The van der Waals surface area contributed by atoms with Crippen molar-refractivity contribution in [2.45, 2.75) is 40.0 Å². The van der Waals surface area contributed by atoms with Crippen LogP contribution in [0.15, 0.2) is 18.2 Å². The summed E-state index contributed by atoms with van der Waals surface area (Å²) in [6, 6.07) is 4.00. The second kappa shape index (κ2) is 5.47. The van der Waals surface area contributed by atoms with Crippen molar-refractivity contribution in [1.82, 2.24) is 0 Å². The van der Waals surface area contributed by atoms with Crippen molar-refractivity contribution in [3.8, 4) is 5.75 Å². The van der Waals surface area contributed by atoms with Gasteiger partial charge in [0.25, 0.3) is 0 Å². The molecule has 0 atom stereocenters. The topological polar surface area (TPSA) is 46.5 Å². The van der Waals surface area contributed by atoms with Crippen LogP contribution in [-0.2, 0) is 10.2 Å². The molecular weight excluding hydrogens is 240 g/mol. The van der Waals surface area contributed by atoms with Gasteiger partial charge in [-0.3, -0.25) is 0 Å². The number of allylic oxidation sites excluding steroid dienone is 1. The van der Waals surface area contributed by atoms with Gasteiger partial charge in [0.1, 0.15) is 5.75 Å². The lowest BCUT2D eigenvalue weighted by molar-refractivity contribution is -0.131. The highest BCUT2D eigenvalue weighted by atomic mass is 16.5. The van der Waals surface area contributed by atoms with E-state index in [1.54, 1.807) is 7.11 Å². The van der Waals surface area contributed by atoms with Crippen LogP contribution in [0.5, 0.6) is 5.75 Å². The number of aryl methyl sites for hydroxylation is 1. The fourth-order valence-corrected chi connectivity index (χ4v) is 2.12. The summed E-state index contributed by atoms with van der Waals surface area (Å²) < 4.78 is 5.43. The number of hydrogen-bond acceptors (Lipinski definition) is 2. The van der Waals surface area contributed by atoms with Crippen LogP contribution in [0.4, 0.5) is 0 Å². The van der Waals surface area contributed by atoms with Crippen LogP contribution in [0.2, 0.25) is 0 Å². The molecule has 1 aromatic rings. The molecule has 0 aromatic heterocycles. The summed E-state index contributed by atoms with van der Waals surface area (Å²) in [6.07, 6.45) is 1.24. The summed E-state index contributed by atoms with van der Waals surface area (Å²) >= 11 is 0. The Hall–Kier alpha value is -1.77. The van der Waals surface area contributed by atoms with E-state index in [4.69, 9.17) is 9.84 Å². The average Bonchev–Trinajstić information content (AvgIpc) is 2.25. The van der Waals surface area contributed by atoms with Gasteiger partial charge >= 0.3 is 5.97 Å². The summed E-state index contributed by atoms with van der Waals surface area (Å²) in [5.74, 6) is -0.0816. The molecule has 0 amide bonds. The number of carboxylic acid groups (broad SMARTS) is 1. The van der Waals surface area contributed by atoms with Crippen LogP contribution < -0.4 is 4.74 Å². The molecule has 0 bridgehead atoms. The largest absolute Gasteiger partial charge is 0.496 e. The van der Waals surface area contributed by atoms with Crippen molar-refractivity contribution in [1.29, 1.82) is 0 Å². The molecule has 19 heavy (non-hydrogen) atoms. The Kier molecular flexibility index (Phi) is 4.40. The van der Waals surface area contributed by atoms with Crippen molar-refractivity contribution in [3.05, 3.63) is 34.9 Å². The zero-order valence-electron chi connectivity index (χ0n) is 12.5. The van der Waals surface area contributed by atoms with Crippen molar-refractivity contribution < 1.29 is 14.6 Å². The van der Waals surface area contributed by atoms with E-state index < -0.39 is 5.97 Å². The number of methoxy groups -OCH3 is 1. The van der Waals surface area contributed by atoms with E-state index >= 15 is 0 Å². The summed E-state index contributed by atoms with van der Waals surface area (Å²) in [5, 5.41) is 8.86. The molecule has 1 aromatic carbocycles. The van der Waals surface area contributed by atoms with E-state index in [0.717, 1.165) is 28.0 Å². The summed E-state index contributed by atoms with van der Waals surface area (Å²) in [5.41, 5.74) is 3.73. The Morgan fingerprint density at radius 2 is 1.89 bits per heavy atom. The van der Waals surface area contributed by atoms with E-state index in [9.17, 15) is 4.79 Å². The Labute approximate surface area is 114 Å². The molecule has 0 unspecified atom stereocenters. The molecule has 0 radical (unpaired) electrons. The molecule has 3 nitrogen and oxygen atoms in total. The van der Waals surface area contributed by atoms with Crippen molar-refractivity contribution in [3.63, 3.8) is 0 Å². The Bertz CT molecular complexity index is 520. The van der Waals surface area contributed by atoms with Gasteiger partial charge in [-0.25, -0.2) is 4.79 Å². The third-order valence-electron chi connectivity index (χ3n) is 3.12. The highest BCUT2D eigenvalue weighted by Crippen LogP contribution is 2.35. The number of ether oxygens (including phenoxy) is 1. The third kappa shape index (κ3) is 3.60. The Morgan fingerprint density at radius 3 is 2.32 bits per heavy atom. The minimum atomic E-state index is -0.926. The van der Waals surface area contributed by atoms with Crippen LogP contribution in [0, 0.1) is 6.92 Å². The van der Waals surface area contributed by atoms with Crippen LogP contribution in [-0.4, -0.2) is 18.2 Å². The Morgan fingerprint density at radius 1 is 1.32 bits per heavy atom. The molecule has 0 aliphatic carbocycles. The average molecular weight is 262 g/mol. The van der Waals surface area contributed by atoms with E-state index in [0.29, 0.717) is 0 Å². The molecule has 1 rings (SSSR count). The first-order valence-electron chi connectivity index (χ1n) is 6.27. The first kappa shape index (κ1) is 15.3. The first-order valence-corrected chi connectivity index (χ1v) is 6.27. The second-order valence-corrected chi connectivity index (χ2v) is 5.78. The van der Waals surface area contributed by atoms with E-state index in [1.165, 1.54) is 6.08 Å². The molecule has 0 aliphatic heterocycles. The highest BCUT2D eigenvalue weighted by molar-refractivity contribution is 5.90. The lowest BCUT2D eigenvalue weighted by Gasteiger charge is -2.24. The zero-order valence-corrected chi connectivity index (χ0v) is 12.5. The minimum absolute atomic E-state index is 0.0582. The van der Waals surface area contributed by atoms with Crippen molar-refractivity contribution >= 4 is 11.5 Å². The number of benzene rings is 1. The van der Waals surface area contributed by atoms with Gasteiger partial charge in [-0.05, 0) is 48.1 Å². The highest BCUT2D eigenvalue weighted by Gasteiger charge is 2.20. The first-order chi connectivity index (χ1) is 8.66. The molecule has 0 heterocycles. The van der Waals surface area contributed by atoms with Crippen LogP contribution in [0.1, 0.15) is 44.4 Å². The maximum atomic E-state index is 10.8. The summed E-state index contributed by atoms with van der Waals surface area (Å²) in [4.78, 5) is 10.8. The molecule has 0 spiro atoms. The molecule has 0 aliphatic rings. The van der Waals surface area contributed by atoms with Gasteiger partial charge in [-0.2, -0.15) is 0 Å². The SMILES string of the molecule is COc1cc(C)c(/C(C)=C/C(=O)O)cc1C(C)(C)C. The molecule has 104 valence electrons. The van der Waals surface area contributed by atoms with Crippen LogP contribution >= 0.6 is 0 Å². The molecule has 0 saturated carbocycles. The maximum absolute atomic E-state index is 10.8. The van der Waals surface area contributed by atoms with Crippen molar-refractivity contribution in [2.24, 2.45) is 0 Å². The quantitative estimate of drug-likeness (QED) is 0.843. The molecule has 3 heteroatoms. The van der Waals surface area contributed by atoms with E-state index in [2.05, 4.69) is 20.8 Å². The van der Waals surface area contributed by atoms with Crippen molar-refractivity contribution in [2.75, 3.05) is 7.11 Å². The standard InChI is InChI=1S/C16H22O3/c1-10-7-14(19-6)13(16(3,4)5)9-12(10)11(2)8-15(17)18/h7-9H,1-6H3,(H,17,18)/b11-8+. The second-order valence-electron chi connectivity index (χ2n) is 5.78. The third-order valence-corrected chi connectivity index (χ3v) is 3.12. The monoisotopic (exact) mass is 262 g/mol. The molecular formula is C16H22O3. The number of carboxylic acids is 1. The van der Waals surface area contributed by atoms with Crippen LogP contribution in [0.3, 0.4) is 0 Å².